The molecule has 1 heterocycles. The fraction of sp³-hybridized carbons (Fsp3) is 0.214. The van der Waals surface area contributed by atoms with Crippen molar-refractivity contribution < 1.29 is 19.2 Å². The Morgan fingerprint density at radius 3 is 2.54 bits per heavy atom. The summed E-state index contributed by atoms with van der Waals surface area (Å²) in [5.41, 5.74) is 4.75. The normalized spacial score (nSPS) is 10.1. The van der Waals surface area contributed by atoms with Crippen molar-refractivity contribution in [2.24, 2.45) is 0 Å². The Bertz CT molecular complexity index is 768. The average Bonchev–Trinajstić information content (AvgIpc) is 2.93. The molecule has 2 aromatic rings. The summed E-state index contributed by atoms with van der Waals surface area (Å²) in [6, 6.07) is 6.28. The first-order valence-corrected chi connectivity index (χ1v) is 6.82. The molecule has 0 aliphatic rings. The van der Waals surface area contributed by atoms with Gasteiger partial charge in [0.2, 0.25) is 0 Å². The van der Waals surface area contributed by atoms with Crippen molar-refractivity contribution in [2.45, 2.75) is 13.5 Å². The molecule has 0 spiro atoms. The number of carbonyl (C=O) groups excluding carboxylic acids is 2. The Kier molecular flexibility index (Phi) is 5.09. The maximum absolute atomic E-state index is 11.9. The van der Waals surface area contributed by atoms with Crippen LogP contribution in [0.15, 0.2) is 30.5 Å². The first kappa shape index (κ1) is 16.9. The van der Waals surface area contributed by atoms with Gasteiger partial charge >= 0.3 is 5.82 Å². The van der Waals surface area contributed by atoms with Gasteiger partial charge in [0, 0.05) is 12.5 Å². The zero-order valence-corrected chi connectivity index (χ0v) is 13.0. The molecule has 0 bridgehead atoms. The van der Waals surface area contributed by atoms with E-state index < -0.39 is 16.7 Å². The molecule has 2 amide bonds. The summed E-state index contributed by atoms with van der Waals surface area (Å²) in [6.07, 6.45) is 1.07. The second-order valence-corrected chi connectivity index (χ2v) is 4.74. The Morgan fingerprint density at radius 2 is 1.96 bits per heavy atom. The van der Waals surface area contributed by atoms with Gasteiger partial charge in [-0.15, -0.1) is 0 Å². The van der Waals surface area contributed by atoms with Crippen molar-refractivity contribution in [3.63, 3.8) is 0 Å². The van der Waals surface area contributed by atoms with E-state index in [-0.39, 0.29) is 12.4 Å². The number of imidazole rings is 1. The zero-order valence-electron chi connectivity index (χ0n) is 13.0. The summed E-state index contributed by atoms with van der Waals surface area (Å²) in [6.45, 7) is 1.20. The Hall–Kier alpha value is -3.43. The van der Waals surface area contributed by atoms with Crippen LogP contribution in [0.5, 0.6) is 5.75 Å². The van der Waals surface area contributed by atoms with Crippen molar-refractivity contribution in [1.29, 1.82) is 0 Å². The third-order valence-corrected chi connectivity index (χ3v) is 3.19. The number of carbonyl (C=O) groups is 2. The number of benzene rings is 1. The quantitative estimate of drug-likeness (QED) is 0.608. The Morgan fingerprint density at radius 1 is 1.29 bits per heavy atom. The number of hydrogen-bond donors (Lipinski definition) is 2. The average molecular weight is 333 g/mol. The molecule has 2 N–H and O–H groups in total. The van der Waals surface area contributed by atoms with E-state index in [1.807, 2.05) is 0 Å². The molecular formula is C14H15N5O5. The highest BCUT2D eigenvalue weighted by atomic mass is 16.6. The third kappa shape index (κ3) is 3.85. The molecule has 1 aromatic carbocycles. The first-order valence-electron chi connectivity index (χ1n) is 6.82. The van der Waals surface area contributed by atoms with Crippen LogP contribution in [0, 0.1) is 17.0 Å². The maximum atomic E-state index is 11.9. The summed E-state index contributed by atoms with van der Waals surface area (Å²) in [5.74, 6) is -0.537. The lowest BCUT2D eigenvalue weighted by Crippen LogP contribution is -2.43. The summed E-state index contributed by atoms with van der Waals surface area (Å²) in [4.78, 5) is 37.8. The van der Waals surface area contributed by atoms with Crippen molar-refractivity contribution >= 4 is 17.6 Å². The van der Waals surface area contributed by atoms with Crippen LogP contribution in [0.3, 0.4) is 0 Å². The monoisotopic (exact) mass is 333 g/mol. The molecule has 0 saturated carbocycles. The number of amides is 2. The molecule has 10 heteroatoms. The highest BCUT2D eigenvalue weighted by Crippen LogP contribution is 2.13. The largest absolute Gasteiger partial charge is 0.497 e. The lowest BCUT2D eigenvalue weighted by atomic mass is 10.2. The standard InChI is InChI=1S/C14H15N5O5/c1-9-15-7-13(19(22)23)18(9)8-12(20)16-17-14(21)10-3-5-11(24-2)6-4-10/h3-7H,8H2,1-2H3,(H,16,20)(H,17,21). The number of nitrogens with zero attached hydrogens (tertiary/aromatic N) is 3. The van der Waals surface area contributed by atoms with Crippen molar-refractivity contribution in [3.8, 4) is 5.75 Å². The minimum atomic E-state index is -0.636. The minimum absolute atomic E-state index is 0.302. The van der Waals surface area contributed by atoms with Gasteiger partial charge in [-0.05, 0) is 29.2 Å². The molecule has 2 rings (SSSR count). The van der Waals surface area contributed by atoms with E-state index in [4.69, 9.17) is 4.74 Å². The topological polar surface area (TPSA) is 128 Å². The molecular weight excluding hydrogens is 318 g/mol. The number of aromatic nitrogens is 2. The van der Waals surface area contributed by atoms with Crippen molar-refractivity contribution in [2.75, 3.05) is 7.11 Å². The van der Waals surface area contributed by atoms with Crippen LogP contribution < -0.4 is 15.6 Å². The Balaban J connectivity index is 1.94. The molecule has 24 heavy (non-hydrogen) atoms. The second kappa shape index (κ2) is 7.22. The van der Waals surface area contributed by atoms with E-state index in [0.29, 0.717) is 17.1 Å². The molecule has 0 saturated heterocycles. The third-order valence-electron chi connectivity index (χ3n) is 3.19. The molecule has 0 radical (unpaired) electrons. The van der Waals surface area contributed by atoms with Crippen molar-refractivity contribution in [3.05, 3.63) is 52.0 Å². The van der Waals surface area contributed by atoms with Gasteiger partial charge in [-0.1, -0.05) is 0 Å². The van der Waals surface area contributed by atoms with Crippen LogP contribution in [0.1, 0.15) is 16.2 Å². The zero-order chi connectivity index (χ0) is 17.7. The van der Waals surface area contributed by atoms with Gasteiger partial charge in [0.15, 0.2) is 12.4 Å². The fourth-order valence-corrected chi connectivity index (χ4v) is 1.92. The van der Waals surface area contributed by atoms with Crippen LogP contribution in [0.4, 0.5) is 5.82 Å². The molecule has 10 nitrogen and oxygen atoms in total. The molecule has 0 aliphatic heterocycles. The number of rotatable bonds is 5. The second-order valence-electron chi connectivity index (χ2n) is 4.74. The van der Waals surface area contributed by atoms with Crippen molar-refractivity contribution in [1.82, 2.24) is 20.4 Å². The number of hydrazine groups is 1. The molecule has 0 fully saturated rings. The van der Waals surface area contributed by atoms with Crippen LogP contribution in [-0.2, 0) is 11.3 Å². The Labute approximate surface area is 136 Å². The highest BCUT2D eigenvalue weighted by Gasteiger charge is 2.20. The van der Waals surface area contributed by atoms with E-state index in [9.17, 15) is 19.7 Å². The summed E-state index contributed by atoms with van der Waals surface area (Å²) in [5, 5.41) is 10.9. The molecule has 0 atom stereocenters. The van der Waals surface area contributed by atoms with Gasteiger partial charge in [-0.3, -0.25) is 20.4 Å². The number of aryl methyl sites for hydroxylation is 1. The highest BCUT2D eigenvalue weighted by molar-refractivity contribution is 5.95. The maximum Gasteiger partial charge on any atom is 0.343 e. The predicted octanol–water partition coefficient (Wildman–Crippen LogP) is 0.570. The van der Waals surface area contributed by atoms with Crippen LogP contribution >= 0.6 is 0 Å². The van der Waals surface area contributed by atoms with Crippen LogP contribution in [-0.4, -0.2) is 33.4 Å². The summed E-state index contributed by atoms with van der Waals surface area (Å²) in [7, 11) is 1.51. The molecule has 0 aliphatic carbocycles. The molecule has 126 valence electrons. The van der Waals surface area contributed by atoms with Gasteiger partial charge in [-0.25, -0.2) is 9.55 Å². The lowest BCUT2D eigenvalue weighted by Gasteiger charge is -2.08. The molecule has 1 aromatic heterocycles. The molecule has 0 unspecified atom stereocenters. The summed E-state index contributed by atoms with van der Waals surface area (Å²) >= 11 is 0. The number of nitrogens with one attached hydrogen (secondary N) is 2. The van der Waals surface area contributed by atoms with E-state index >= 15 is 0 Å². The van der Waals surface area contributed by atoms with E-state index in [0.717, 1.165) is 10.8 Å². The van der Waals surface area contributed by atoms with E-state index in [2.05, 4.69) is 15.8 Å². The number of ether oxygens (including phenoxy) is 1. The number of methoxy groups -OCH3 is 1. The van der Waals surface area contributed by atoms with Gasteiger partial charge in [0.1, 0.15) is 11.9 Å². The minimum Gasteiger partial charge on any atom is -0.497 e. The summed E-state index contributed by atoms with van der Waals surface area (Å²) < 4.78 is 6.12. The fourth-order valence-electron chi connectivity index (χ4n) is 1.92. The number of nitro groups is 1. The predicted molar refractivity (Wildman–Crippen MR) is 82.2 cm³/mol. The van der Waals surface area contributed by atoms with E-state index in [1.165, 1.54) is 26.2 Å². The smallest absolute Gasteiger partial charge is 0.343 e. The van der Waals surface area contributed by atoms with Crippen LogP contribution in [0.25, 0.3) is 0 Å². The number of hydrogen-bond acceptors (Lipinski definition) is 6. The van der Waals surface area contributed by atoms with Gasteiger partial charge in [-0.2, -0.15) is 0 Å². The lowest BCUT2D eigenvalue weighted by molar-refractivity contribution is -0.392. The van der Waals surface area contributed by atoms with E-state index in [1.54, 1.807) is 12.1 Å². The van der Waals surface area contributed by atoms with Gasteiger partial charge in [0.05, 0.1) is 7.11 Å². The SMILES string of the molecule is COc1ccc(C(=O)NNC(=O)Cn2c([N+](=O)[O-])cnc2C)cc1. The van der Waals surface area contributed by atoms with Gasteiger partial charge < -0.3 is 14.9 Å². The first-order chi connectivity index (χ1) is 11.4. The van der Waals surface area contributed by atoms with Gasteiger partial charge in [0.25, 0.3) is 11.8 Å². The van der Waals surface area contributed by atoms with Crippen LogP contribution in [0.2, 0.25) is 0 Å².